The fourth-order valence-electron chi connectivity index (χ4n) is 4.12. The third kappa shape index (κ3) is 3.15. The molecule has 1 aromatic carbocycles. The molecule has 0 spiro atoms. The van der Waals surface area contributed by atoms with E-state index in [1.165, 1.54) is 22.5 Å². The van der Waals surface area contributed by atoms with Gasteiger partial charge in [-0.05, 0) is 63.7 Å². The van der Waals surface area contributed by atoms with Crippen molar-refractivity contribution >= 4 is 39.5 Å². The van der Waals surface area contributed by atoms with Gasteiger partial charge in [0, 0.05) is 23.9 Å². The van der Waals surface area contributed by atoms with E-state index in [4.69, 9.17) is 17.2 Å². The molecular formula is C20H22N6S2. The van der Waals surface area contributed by atoms with Crippen LogP contribution in [0, 0.1) is 18.6 Å². The molecule has 8 heteroatoms. The molecule has 1 aliphatic heterocycles. The Kier molecular flexibility index (Phi) is 4.49. The summed E-state index contributed by atoms with van der Waals surface area (Å²) in [6, 6.07) is 10.5. The molecule has 4 aromatic rings. The van der Waals surface area contributed by atoms with E-state index in [-0.39, 0.29) is 0 Å². The molecule has 3 aromatic heterocycles. The number of likely N-dealkylation sites (tertiary alicyclic amines) is 1. The highest BCUT2D eigenvalue weighted by Gasteiger charge is 2.25. The van der Waals surface area contributed by atoms with Crippen LogP contribution in [0.2, 0.25) is 0 Å². The molecule has 4 heterocycles. The van der Waals surface area contributed by atoms with E-state index in [1.807, 2.05) is 22.8 Å². The minimum atomic E-state index is 0.473. The Hall–Kier alpha value is -2.16. The van der Waals surface area contributed by atoms with Gasteiger partial charge in [-0.15, -0.1) is 11.3 Å². The first-order valence-corrected chi connectivity index (χ1v) is 10.8. The number of aryl methyl sites for hydroxylation is 2. The molecule has 5 rings (SSSR count). The maximum Gasteiger partial charge on any atom is 0.252 e. The Morgan fingerprint density at radius 2 is 2.04 bits per heavy atom. The number of rotatable bonds is 3. The van der Waals surface area contributed by atoms with Gasteiger partial charge in [-0.2, -0.15) is 4.98 Å². The van der Waals surface area contributed by atoms with Crippen molar-refractivity contribution in [2.75, 3.05) is 13.1 Å². The second-order valence-corrected chi connectivity index (χ2v) is 8.95. The van der Waals surface area contributed by atoms with Crippen molar-refractivity contribution in [1.82, 2.24) is 29.0 Å². The Morgan fingerprint density at radius 3 is 2.89 bits per heavy atom. The van der Waals surface area contributed by atoms with Crippen molar-refractivity contribution < 1.29 is 0 Å². The number of fused-ring (bicyclic) bond motifs is 2. The highest BCUT2D eigenvalue weighted by Crippen LogP contribution is 2.33. The second-order valence-electron chi connectivity index (χ2n) is 7.52. The maximum atomic E-state index is 5.54. The molecule has 1 atom stereocenters. The average Bonchev–Trinajstić information content (AvgIpc) is 3.23. The van der Waals surface area contributed by atoms with Crippen LogP contribution in [0.5, 0.6) is 0 Å². The molecule has 0 radical (unpaired) electrons. The summed E-state index contributed by atoms with van der Waals surface area (Å²) in [5, 5.41) is 1.25. The van der Waals surface area contributed by atoms with Gasteiger partial charge in [0.15, 0.2) is 0 Å². The zero-order chi connectivity index (χ0) is 19.3. The number of benzene rings is 1. The second kappa shape index (κ2) is 7.02. The summed E-state index contributed by atoms with van der Waals surface area (Å²) in [5.74, 6) is 1.16. The van der Waals surface area contributed by atoms with E-state index < -0.39 is 0 Å². The van der Waals surface area contributed by atoms with Gasteiger partial charge >= 0.3 is 0 Å². The van der Waals surface area contributed by atoms with Crippen molar-refractivity contribution in [3.8, 4) is 0 Å². The first-order chi connectivity index (χ1) is 13.6. The first kappa shape index (κ1) is 17.9. The van der Waals surface area contributed by atoms with Crippen LogP contribution in [0.15, 0.2) is 30.3 Å². The van der Waals surface area contributed by atoms with Crippen LogP contribution in [-0.4, -0.2) is 42.1 Å². The summed E-state index contributed by atoms with van der Waals surface area (Å²) in [6.07, 6.45) is 2.36. The number of piperidine rings is 1. The SMILES string of the molecule is Cc1cc(C)n2c(n1)nc(=S)n2CN1CCC[C@@H](c2nc3ccccc3s2)C1. The molecule has 0 bridgehead atoms. The van der Waals surface area contributed by atoms with Gasteiger partial charge in [-0.3, -0.25) is 4.90 Å². The monoisotopic (exact) mass is 410 g/mol. The molecule has 144 valence electrons. The molecule has 1 fully saturated rings. The molecule has 0 amide bonds. The zero-order valence-corrected chi connectivity index (χ0v) is 17.6. The molecule has 1 saturated heterocycles. The van der Waals surface area contributed by atoms with Crippen LogP contribution in [0.4, 0.5) is 0 Å². The summed E-state index contributed by atoms with van der Waals surface area (Å²) in [4.78, 5) is 16.4. The topological polar surface area (TPSA) is 51.3 Å². The highest BCUT2D eigenvalue weighted by atomic mass is 32.1. The number of hydrogen-bond donors (Lipinski definition) is 0. The van der Waals surface area contributed by atoms with Gasteiger partial charge in [-0.25, -0.2) is 19.2 Å². The van der Waals surface area contributed by atoms with E-state index in [9.17, 15) is 0 Å². The van der Waals surface area contributed by atoms with Crippen LogP contribution in [0.25, 0.3) is 16.0 Å². The van der Waals surface area contributed by atoms with Crippen LogP contribution in [-0.2, 0) is 6.67 Å². The highest BCUT2D eigenvalue weighted by molar-refractivity contribution is 7.71. The largest absolute Gasteiger partial charge is 0.284 e. The minimum Gasteiger partial charge on any atom is -0.284 e. The van der Waals surface area contributed by atoms with Gasteiger partial charge in [0.05, 0.1) is 21.9 Å². The third-order valence-corrected chi connectivity index (χ3v) is 6.88. The number of nitrogens with zero attached hydrogens (tertiary/aromatic N) is 6. The Bertz CT molecular complexity index is 1190. The Morgan fingerprint density at radius 1 is 1.18 bits per heavy atom. The molecule has 0 unspecified atom stereocenters. The van der Waals surface area contributed by atoms with E-state index in [2.05, 4.69) is 56.8 Å². The number of para-hydroxylation sites is 1. The van der Waals surface area contributed by atoms with E-state index >= 15 is 0 Å². The molecule has 6 nitrogen and oxygen atoms in total. The van der Waals surface area contributed by atoms with Gasteiger partial charge in [0.25, 0.3) is 5.78 Å². The fourth-order valence-corrected chi connectivity index (χ4v) is 5.44. The predicted octanol–water partition coefficient (Wildman–Crippen LogP) is 4.32. The van der Waals surface area contributed by atoms with E-state index in [1.54, 1.807) is 0 Å². The minimum absolute atomic E-state index is 0.473. The lowest BCUT2D eigenvalue weighted by molar-refractivity contribution is 0.153. The molecule has 1 aliphatic rings. The lowest BCUT2D eigenvalue weighted by Crippen LogP contribution is -2.36. The zero-order valence-electron chi connectivity index (χ0n) is 16.0. The number of thiazole rings is 1. The van der Waals surface area contributed by atoms with Crippen molar-refractivity contribution in [2.45, 2.75) is 39.3 Å². The van der Waals surface area contributed by atoms with Gasteiger partial charge in [-0.1, -0.05) is 12.1 Å². The number of aromatic nitrogens is 5. The molecular weight excluding hydrogens is 388 g/mol. The Balaban J connectivity index is 1.42. The van der Waals surface area contributed by atoms with Crippen LogP contribution >= 0.6 is 23.6 Å². The van der Waals surface area contributed by atoms with Crippen LogP contribution in [0.3, 0.4) is 0 Å². The standard InChI is InChI=1S/C20H22N6S2/c1-13-10-14(2)26-19(21-13)23-20(27)25(26)12-24-9-5-6-15(11-24)18-22-16-7-3-4-8-17(16)28-18/h3-4,7-8,10,15H,5-6,9,11-12H2,1-2H3/t15-/m1/s1. The van der Waals surface area contributed by atoms with Crippen molar-refractivity contribution in [3.63, 3.8) is 0 Å². The summed E-state index contributed by atoms with van der Waals surface area (Å²) < 4.78 is 5.96. The van der Waals surface area contributed by atoms with E-state index in [0.717, 1.165) is 36.7 Å². The normalized spacial score (nSPS) is 18.3. The molecule has 0 aliphatic carbocycles. The van der Waals surface area contributed by atoms with Crippen LogP contribution in [0.1, 0.15) is 35.2 Å². The predicted molar refractivity (Wildman–Crippen MR) is 114 cm³/mol. The summed E-state index contributed by atoms with van der Waals surface area (Å²) in [7, 11) is 0. The first-order valence-electron chi connectivity index (χ1n) is 9.60. The molecule has 28 heavy (non-hydrogen) atoms. The van der Waals surface area contributed by atoms with Gasteiger partial charge < -0.3 is 0 Å². The quantitative estimate of drug-likeness (QED) is 0.471. The lowest BCUT2D eigenvalue weighted by atomic mass is 9.99. The summed E-state index contributed by atoms with van der Waals surface area (Å²) in [6.45, 7) is 6.85. The van der Waals surface area contributed by atoms with Crippen molar-refractivity contribution in [1.29, 1.82) is 0 Å². The number of hydrogen-bond acceptors (Lipinski definition) is 6. The Labute approximate surface area is 172 Å². The summed E-state index contributed by atoms with van der Waals surface area (Å²) in [5.41, 5.74) is 3.18. The van der Waals surface area contributed by atoms with Crippen LogP contribution < -0.4 is 0 Å². The maximum absolute atomic E-state index is 5.54. The average molecular weight is 411 g/mol. The third-order valence-electron chi connectivity index (χ3n) is 5.37. The van der Waals surface area contributed by atoms with Crippen molar-refractivity contribution in [3.05, 3.63) is 51.5 Å². The molecule has 0 N–H and O–H groups in total. The summed E-state index contributed by atoms with van der Waals surface area (Å²) >= 11 is 7.38. The lowest BCUT2D eigenvalue weighted by Gasteiger charge is -2.31. The van der Waals surface area contributed by atoms with Crippen molar-refractivity contribution in [2.24, 2.45) is 0 Å². The molecule has 0 saturated carbocycles. The van der Waals surface area contributed by atoms with Gasteiger partial charge in [0.1, 0.15) is 0 Å². The smallest absolute Gasteiger partial charge is 0.252 e. The van der Waals surface area contributed by atoms with E-state index in [0.29, 0.717) is 16.5 Å². The van der Waals surface area contributed by atoms with Gasteiger partial charge in [0.2, 0.25) is 4.77 Å². The fraction of sp³-hybridized carbons (Fsp3) is 0.400.